The highest BCUT2D eigenvalue weighted by molar-refractivity contribution is 6.05. The molecule has 3 unspecified atom stereocenters. The molecule has 6 N–H and O–H groups in total. The summed E-state index contributed by atoms with van der Waals surface area (Å²) in [6.07, 6.45) is 4.79. The minimum atomic E-state index is -1.41. The Labute approximate surface area is 326 Å². The predicted octanol–water partition coefficient (Wildman–Crippen LogP) is 3.54. The van der Waals surface area contributed by atoms with E-state index in [1.54, 1.807) is 31.2 Å². The molecule has 0 bridgehead atoms. The van der Waals surface area contributed by atoms with Crippen LogP contribution in [0.1, 0.15) is 81.1 Å². The molecule has 1 saturated heterocycles. The van der Waals surface area contributed by atoms with Gasteiger partial charge in [0.25, 0.3) is 5.91 Å². The summed E-state index contributed by atoms with van der Waals surface area (Å²) in [5.41, 5.74) is 1.71. The van der Waals surface area contributed by atoms with Crippen LogP contribution in [-0.4, -0.2) is 89.2 Å². The number of hydrogen-bond donors (Lipinski definition) is 6. The Balaban J connectivity index is 1.11. The lowest BCUT2D eigenvalue weighted by Crippen LogP contribution is -2.57. The largest absolute Gasteiger partial charge is 0.481 e. The summed E-state index contributed by atoms with van der Waals surface area (Å²) < 4.78 is 0. The zero-order chi connectivity index (χ0) is 40.2. The predicted molar refractivity (Wildman–Crippen MR) is 210 cm³/mol. The fourth-order valence-corrected chi connectivity index (χ4v) is 7.42. The van der Waals surface area contributed by atoms with Crippen molar-refractivity contribution in [3.63, 3.8) is 0 Å². The van der Waals surface area contributed by atoms with Crippen LogP contribution >= 0.6 is 0 Å². The smallest absolute Gasteiger partial charge is 0.305 e. The number of likely N-dealkylation sites (tertiary alicyclic amines) is 1. The van der Waals surface area contributed by atoms with E-state index < -0.39 is 54.1 Å². The normalized spacial score (nSPS) is 17.1. The molecule has 0 radical (unpaired) electrons. The average Bonchev–Trinajstić information content (AvgIpc) is 3.82. The lowest BCUT2D eigenvalue weighted by atomic mass is 9.96. The van der Waals surface area contributed by atoms with Crippen molar-refractivity contribution in [3.8, 4) is 0 Å². The molecule has 0 aromatic heterocycles. The van der Waals surface area contributed by atoms with Gasteiger partial charge in [-0.15, -0.1) is 0 Å². The van der Waals surface area contributed by atoms with E-state index >= 15 is 0 Å². The molecule has 2 aliphatic rings. The minimum absolute atomic E-state index is 0.0399. The van der Waals surface area contributed by atoms with Crippen LogP contribution in [-0.2, 0) is 35.2 Å². The highest BCUT2D eigenvalue weighted by atomic mass is 16.4. The maximum atomic E-state index is 13.7. The summed E-state index contributed by atoms with van der Waals surface area (Å²) in [6.45, 7) is 4.02. The van der Waals surface area contributed by atoms with Crippen LogP contribution < -0.4 is 26.6 Å². The molecular weight excluding hydrogens is 716 g/mol. The molecule has 2 fully saturated rings. The fourth-order valence-electron chi connectivity index (χ4n) is 7.42. The number of nitrogens with zero attached hydrogens (tertiary/aromatic N) is 1. The van der Waals surface area contributed by atoms with Crippen LogP contribution in [0.3, 0.4) is 0 Å². The van der Waals surface area contributed by atoms with Crippen LogP contribution in [0.4, 0.5) is 5.69 Å². The van der Waals surface area contributed by atoms with E-state index in [1.165, 1.54) is 4.90 Å². The van der Waals surface area contributed by atoms with E-state index in [-0.39, 0.29) is 50.2 Å². The Hall–Kier alpha value is -5.79. The number of rotatable bonds is 18. The number of nitrogens with one attached hydrogen (secondary N) is 5. The van der Waals surface area contributed by atoms with E-state index in [4.69, 9.17) is 0 Å². The van der Waals surface area contributed by atoms with Gasteiger partial charge in [-0.05, 0) is 71.7 Å². The van der Waals surface area contributed by atoms with Gasteiger partial charge in [0, 0.05) is 37.3 Å². The van der Waals surface area contributed by atoms with Crippen molar-refractivity contribution < 1.29 is 38.7 Å². The number of benzene rings is 3. The molecule has 14 heteroatoms. The molecule has 56 heavy (non-hydrogen) atoms. The molecule has 1 aliphatic carbocycles. The van der Waals surface area contributed by atoms with E-state index in [0.717, 1.165) is 36.5 Å². The van der Waals surface area contributed by atoms with Gasteiger partial charge in [-0.2, -0.15) is 0 Å². The molecule has 1 heterocycles. The molecular formula is C42H52N6O8. The van der Waals surface area contributed by atoms with Gasteiger partial charge in [0.15, 0.2) is 0 Å². The number of carbonyl (C=O) groups excluding carboxylic acids is 6. The second-order valence-corrected chi connectivity index (χ2v) is 14.8. The number of aliphatic carboxylic acids is 1. The number of hydrogen-bond acceptors (Lipinski definition) is 7. The number of carboxylic acid groups (broad SMARTS) is 1. The molecule has 14 nitrogen and oxygen atoms in total. The van der Waals surface area contributed by atoms with Gasteiger partial charge in [-0.3, -0.25) is 33.6 Å². The van der Waals surface area contributed by atoms with E-state index in [0.29, 0.717) is 35.6 Å². The van der Waals surface area contributed by atoms with Gasteiger partial charge in [0.05, 0.1) is 12.8 Å². The molecule has 4 atom stereocenters. The minimum Gasteiger partial charge on any atom is -0.481 e. The molecule has 5 rings (SSSR count). The highest BCUT2D eigenvalue weighted by Crippen LogP contribution is 2.27. The van der Waals surface area contributed by atoms with Gasteiger partial charge in [0.2, 0.25) is 29.5 Å². The first-order chi connectivity index (χ1) is 26.9. The second kappa shape index (κ2) is 19.7. The molecule has 1 aliphatic heterocycles. The summed E-state index contributed by atoms with van der Waals surface area (Å²) in [7, 11) is 0. The summed E-state index contributed by atoms with van der Waals surface area (Å²) in [6, 6.07) is 16.8. The molecule has 3 aromatic carbocycles. The van der Waals surface area contributed by atoms with Gasteiger partial charge < -0.3 is 36.6 Å². The Morgan fingerprint density at radius 3 is 2.23 bits per heavy atom. The second-order valence-electron chi connectivity index (χ2n) is 14.8. The van der Waals surface area contributed by atoms with Crippen molar-refractivity contribution in [1.82, 2.24) is 26.2 Å². The third kappa shape index (κ3) is 11.4. The Morgan fingerprint density at radius 1 is 0.839 bits per heavy atom. The van der Waals surface area contributed by atoms with Gasteiger partial charge >= 0.3 is 5.97 Å². The standard InChI is InChI=1S/C42H52N6O8/c1-3-26(2)38(41(55)47-34(25-37(51)52)40(54)44-20-19-43-35(49)22-27-8-4-5-9-27)48-21-18-33(42(48)56)46-36(50)23-28-12-14-30(15-13-28)39(53)45-32-17-16-29-10-6-7-11-31(29)24-32/h6-7,10-17,24,26-27,33-34,38H,3-5,8-9,18-23,25H2,1-2H3,(H,43,49)(H,44,54)(H,45,53)(H,46,50)(H,47,55)(H,51,52)/t26?,33?,34-,38?/m0/s1. The monoisotopic (exact) mass is 768 g/mol. The number of carbonyl (C=O) groups is 7. The van der Waals surface area contributed by atoms with Gasteiger partial charge in [-0.25, -0.2) is 0 Å². The summed E-state index contributed by atoms with van der Waals surface area (Å²) in [5, 5.41) is 25.2. The first kappa shape index (κ1) is 41.4. The van der Waals surface area contributed by atoms with Crippen LogP contribution in [0.5, 0.6) is 0 Å². The number of carboxylic acids is 1. The van der Waals surface area contributed by atoms with Crippen LogP contribution in [0.15, 0.2) is 66.7 Å². The molecule has 3 aromatic rings. The lowest BCUT2D eigenvalue weighted by molar-refractivity contribution is -0.144. The van der Waals surface area contributed by atoms with Gasteiger partial charge in [-0.1, -0.05) is 75.6 Å². The van der Waals surface area contributed by atoms with E-state index in [2.05, 4.69) is 26.6 Å². The van der Waals surface area contributed by atoms with E-state index in [9.17, 15) is 38.7 Å². The zero-order valence-electron chi connectivity index (χ0n) is 32.0. The van der Waals surface area contributed by atoms with Crippen molar-refractivity contribution >= 4 is 57.9 Å². The molecule has 298 valence electrons. The van der Waals surface area contributed by atoms with Crippen molar-refractivity contribution in [2.45, 2.75) is 89.8 Å². The van der Waals surface area contributed by atoms with Crippen molar-refractivity contribution in [1.29, 1.82) is 0 Å². The lowest BCUT2D eigenvalue weighted by Gasteiger charge is -2.32. The summed E-state index contributed by atoms with van der Waals surface area (Å²) in [4.78, 5) is 91.6. The number of fused-ring (bicyclic) bond motifs is 1. The van der Waals surface area contributed by atoms with Crippen LogP contribution in [0.25, 0.3) is 10.8 Å². The van der Waals surface area contributed by atoms with Crippen LogP contribution in [0, 0.1) is 11.8 Å². The van der Waals surface area contributed by atoms with Crippen molar-refractivity contribution in [2.75, 3.05) is 25.0 Å². The fraction of sp³-hybridized carbons (Fsp3) is 0.452. The third-order valence-electron chi connectivity index (χ3n) is 10.7. The van der Waals surface area contributed by atoms with Crippen LogP contribution in [0.2, 0.25) is 0 Å². The molecule has 1 saturated carbocycles. The molecule has 0 spiro atoms. The molecule has 6 amide bonds. The Kier molecular flexibility index (Phi) is 14.5. The van der Waals surface area contributed by atoms with Crippen molar-refractivity contribution in [2.24, 2.45) is 11.8 Å². The Bertz CT molecular complexity index is 1910. The third-order valence-corrected chi connectivity index (χ3v) is 10.7. The maximum absolute atomic E-state index is 13.7. The SMILES string of the molecule is CCC(C)C(C(=O)N[C@@H](CC(=O)O)C(=O)NCCNC(=O)CC1CCCC1)N1CCC(NC(=O)Cc2ccc(C(=O)Nc3ccc4ccccc4c3)cc2)C1=O. The first-order valence-corrected chi connectivity index (χ1v) is 19.5. The maximum Gasteiger partial charge on any atom is 0.305 e. The highest BCUT2D eigenvalue weighted by Gasteiger charge is 2.42. The first-order valence-electron chi connectivity index (χ1n) is 19.5. The van der Waals surface area contributed by atoms with Gasteiger partial charge in [0.1, 0.15) is 18.1 Å². The number of anilines is 1. The van der Waals surface area contributed by atoms with Crippen molar-refractivity contribution in [3.05, 3.63) is 77.9 Å². The average molecular weight is 769 g/mol. The van der Waals surface area contributed by atoms with E-state index in [1.807, 2.05) is 49.4 Å². The topological polar surface area (TPSA) is 203 Å². The quantitative estimate of drug-likeness (QED) is 0.106. The zero-order valence-corrected chi connectivity index (χ0v) is 32.0. The number of amides is 6. The summed E-state index contributed by atoms with van der Waals surface area (Å²) in [5.74, 6) is -3.91. The summed E-state index contributed by atoms with van der Waals surface area (Å²) >= 11 is 0. The Morgan fingerprint density at radius 2 is 1.54 bits per heavy atom.